The summed E-state index contributed by atoms with van der Waals surface area (Å²) in [5.41, 5.74) is 2.88. The lowest BCUT2D eigenvalue weighted by atomic mass is 10.2. The van der Waals surface area contributed by atoms with Gasteiger partial charge >= 0.3 is 0 Å². The largest absolute Gasteiger partial charge is 0.328 e. The topological polar surface area (TPSA) is 17.8 Å². The molecule has 0 saturated carbocycles. The van der Waals surface area contributed by atoms with Crippen molar-refractivity contribution in [3.05, 3.63) is 28.5 Å². The van der Waals surface area contributed by atoms with E-state index in [9.17, 15) is 4.39 Å². The number of hydrogen-bond donors (Lipinski definition) is 0. The molecular weight excluding hydrogens is 274 g/mol. The molecule has 0 radical (unpaired) electrons. The average Bonchev–Trinajstić information content (AvgIpc) is 2.70. The number of alkyl halides is 2. The van der Waals surface area contributed by atoms with Gasteiger partial charge in [0.1, 0.15) is 5.82 Å². The van der Waals surface area contributed by atoms with E-state index in [-0.39, 0.29) is 6.67 Å². The van der Waals surface area contributed by atoms with Crippen LogP contribution < -0.4 is 0 Å². The Morgan fingerprint density at radius 2 is 2.17 bits per heavy atom. The predicted molar refractivity (Wildman–Crippen MR) is 74.5 cm³/mol. The number of benzene rings is 1. The Hall–Kier alpha value is -0.800. The average molecular weight is 289 g/mol. The van der Waals surface area contributed by atoms with Gasteiger partial charge in [0.05, 0.1) is 17.7 Å². The normalized spacial score (nSPS) is 11.3. The summed E-state index contributed by atoms with van der Waals surface area (Å²) in [5.74, 6) is 1.41. The monoisotopic (exact) mass is 288 g/mol. The van der Waals surface area contributed by atoms with Gasteiger partial charge in [-0.15, -0.1) is 11.6 Å². The molecule has 0 amide bonds. The van der Waals surface area contributed by atoms with Gasteiger partial charge in [0.2, 0.25) is 0 Å². The SMILES string of the molecule is Cc1c(Cl)ccc2nc(CCCl)n(CCCF)c12. The van der Waals surface area contributed by atoms with Crippen molar-refractivity contribution < 1.29 is 4.39 Å². The summed E-state index contributed by atoms with van der Waals surface area (Å²) < 4.78 is 14.4. The van der Waals surface area contributed by atoms with Gasteiger partial charge in [-0.3, -0.25) is 4.39 Å². The van der Waals surface area contributed by atoms with Crippen LogP contribution in [0.2, 0.25) is 5.02 Å². The lowest BCUT2D eigenvalue weighted by Crippen LogP contribution is -2.06. The molecule has 5 heteroatoms. The third-order valence-corrected chi connectivity index (χ3v) is 3.61. The van der Waals surface area contributed by atoms with Crippen molar-refractivity contribution in [2.24, 2.45) is 0 Å². The number of imidazole rings is 1. The highest BCUT2D eigenvalue weighted by Gasteiger charge is 2.13. The van der Waals surface area contributed by atoms with E-state index in [2.05, 4.69) is 4.98 Å². The molecule has 98 valence electrons. The van der Waals surface area contributed by atoms with Crippen LogP contribution in [0.25, 0.3) is 11.0 Å². The Labute approximate surface area is 116 Å². The van der Waals surface area contributed by atoms with Gasteiger partial charge in [0.15, 0.2) is 0 Å². The summed E-state index contributed by atoms with van der Waals surface area (Å²) >= 11 is 11.9. The Morgan fingerprint density at radius 3 is 2.83 bits per heavy atom. The minimum atomic E-state index is -0.334. The van der Waals surface area contributed by atoms with Crippen LogP contribution in [0.1, 0.15) is 17.8 Å². The minimum Gasteiger partial charge on any atom is -0.328 e. The third-order valence-electron chi connectivity index (χ3n) is 3.01. The van der Waals surface area contributed by atoms with Crippen LogP contribution in [0.4, 0.5) is 4.39 Å². The van der Waals surface area contributed by atoms with Gasteiger partial charge in [-0.2, -0.15) is 0 Å². The second-order valence-electron chi connectivity index (χ2n) is 4.20. The van der Waals surface area contributed by atoms with Crippen molar-refractivity contribution in [2.45, 2.75) is 26.3 Å². The van der Waals surface area contributed by atoms with Crippen LogP contribution in [0, 0.1) is 6.92 Å². The summed E-state index contributed by atoms with van der Waals surface area (Å²) in [4.78, 5) is 4.55. The zero-order valence-corrected chi connectivity index (χ0v) is 11.7. The quantitative estimate of drug-likeness (QED) is 0.756. The van der Waals surface area contributed by atoms with Crippen LogP contribution in [-0.2, 0) is 13.0 Å². The zero-order chi connectivity index (χ0) is 13.1. The van der Waals surface area contributed by atoms with E-state index < -0.39 is 0 Å². The fraction of sp³-hybridized carbons (Fsp3) is 0.462. The third kappa shape index (κ3) is 2.47. The first kappa shape index (κ1) is 13.6. The Kier molecular flexibility index (Phi) is 4.46. The summed E-state index contributed by atoms with van der Waals surface area (Å²) in [6.45, 7) is 2.24. The van der Waals surface area contributed by atoms with E-state index in [0.717, 1.165) is 22.4 Å². The van der Waals surface area contributed by atoms with Gasteiger partial charge in [-0.25, -0.2) is 4.98 Å². The minimum absolute atomic E-state index is 0.334. The summed E-state index contributed by atoms with van der Waals surface area (Å²) in [5, 5.41) is 0.710. The number of rotatable bonds is 5. The molecule has 18 heavy (non-hydrogen) atoms. The maximum absolute atomic E-state index is 12.4. The van der Waals surface area contributed by atoms with Crippen LogP contribution >= 0.6 is 23.2 Å². The molecule has 2 rings (SSSR count). The molecule has 0 fully saturated rings. The van der Waals surface area contributed by atoms with Crippen molar-refractivity contribution >= 4 is 34.2 Å². The molecule has 1 aromatic heterocycles. The fourth-order valence-electron chi connectivity index (χ4n) is 2.15. The van der Waals surface area contributed by atoms with Crippen molar-refractivity contribution in [1.29, 1.82) is 0 Å². The van der Waals surface area contributed by atoms with Crippen LogP contribution in [0.5, 0.6) is 0 Å². The number of aryl methyl sites for hydroxylation is 3. The van der Waals surface area contributed by atoms with Crippen molar-refractivity contribution in [3.63, 3.8) is 0 Å². The van der Waals surface area contributed by atoms with Gasteiger partial charge in [0.25, 0.3) is 0 Å². The molecule has 1 aromatic carbocycles. The summed E-state index contributed by atoms with van der Waals surface area (Å²) in [6, 6.07) is 3.74. The van der Waals surface area contributed by atoms with Crippen molar-refractivity contribution in [1.82, 2.24) is 9.55 Å². The predicted octanol–water partition coefficient (Wildman–Crippen LogP) is 4.14. The Balaban J connectivity index is 2.58. The molecular formula is C13H15Cl2FN2. The summed E-state index contributed by atoms with van der Waals surface area (Å²) in [6.07, 6.45) is 1.16. The molecule has 2 nitrogen and oxygen atoms in total. The van der Waals surface area contributed by atoms with Crippen molar-refractivity contribution in [2.75, 3.05) is 12.6 Å². The number of halogens is 3. The number of nitrogens with zero attached hydrogens (tertiary/aromatic N) is 2. The molecule has 0 unspecified atom stereocenters. The molecule has 2 aromatic rings. The molecule has 0 atom stereocenters. The molecule has 0 aliphatic rings. The van der Waals surface area contributed by atoms with Gasteiger partial charge in [-0.05, 0) is 31.0 Å². The molecule has 0 spiro atoms. The molecule has 0 aliphatic heterocycles. The van der Waals surface area contributed by atoms with Gasteiger partial charge in [-0.1, -0.05) is 11.6 Å². The van der Waals surface area contributed by atoms with Crippen LogP contribution in [0.15, 0.2) is 12.1 Å². The van der Waals surface area contributed by atoms with E-state index in [1.54, 1.807) is 0 Å². The first-order chi connectivity index (χ1) is 8.69. The van der Waals surface area contributed by atoms with Crippen LogP contribution in [0.3, 0.4) is 0 Å². The highest BCUT2D eigenvalue weighted by Crippen LogP contribution is 2.27. The van der Waals surface area contributed by atoms with E-state index >= 15 is 0 Å². The number of aromatic nitrogens is 2. The first-order valence-corrected chi connectivity index (χ1v) is 6.86. The molecule has 0 N–H and O–H groups in total. The standard InChI is InChI=1S/C13H15Cl2FN2/c1-9-10(15)3-4-11-13(9)18(8-2-7-16)12(17-11)5-6-14/h3-4H,2,5-8H2,1H3. The molecule has 0 saturated heterocycles. The summed E-state index contributed by atoms with van der Waals surface area (Å²) in [7, 11) is 0. The highest BCUT2D eigenvalue weighted by molar-refractivity contribution is 6.32. The zero-order valence-electron chi connectivity index (χ0n) is 10.2. The lowest BCUT2D eigenvalue weighted by Gasteiger charge is -2.09. The Bertz CT molecular complexity index is 551. The van der Waals surface area contributed by atoms with Gasteiger partial charge in [0, 0.05) is 23.9 Å². The smallest absolute Gasteiger partial charge is 0.111 e. The van der Waals surface area contributed by atoms with E-state index in [4.69, 9.17) is 23.2 Å². The van der Waals surface area contributed by atoms with Crippen LogP contribution in [-0.4, -0.2) is 22.1 Å². The van der Waals surface area contributed by atoms with Gasteiger partial charge < -0.3 is 4.57 Å². The molecule has 0 bridgehead atoms. The molecule has 1 heterocycles. The number of fused-ring (bicyclic) bond motifs is 1. The van der Waals surface area contributed by atoms with E-state index in [0.29, 0.717) is 30.3 Å². The van der Waals surface area contributed by atoms with E-state index in [1.165, 1.54) is 0 Å². The van der Waals surface area contributed by atoms with E-state index in [1.807, 2.05) is 23.6 Å². The lowest BCUT2D eigenvalue weighted by molar-refractivity contribution is 0.446. The fourth-order valence-corrected chi connectivity index (χ4v) is 2.48. The maximum Gasteiger partial charge on any atom is 0.111 e. The second kappa shape index (κ2) is 5.89. The van der Waals surface area contributed by atoms with Crippen molar-refractivity contribution in [3.8, 4) is 0 Å². The molecule has 0 aliphatic carbocycles. The first-order valence-electron chi connectivity index (χ1n) is 5.95. The second-order valence-corrected chi connectivity index (χ2v) is 4.99. The maximum atomic E-state index is 12.4. The highest BCUT2D eigenvalue weighted by atomic mass is 35.5. The number of hydrogen-bond acceptors (Lipinski definition) is 1. The Morgan fingerprint density at radius 1 is 1.39 bits per heavy atom.